The molecular formula is C19H27N3O3. The molecule has 2 amide bonds. The van der Waals surface area contributed by atoms with Crippen molar-refractivity contribution in [3.63, 3.8) is 0 Å². The lowest BCUT2D eigenvalue weighted by molar-refractivity contribution is -0.142. The minimum Gasteiger partial charge on any atom is -0.368 e. The highest BCUT2D eigenvalue weighted by Gasteiger charge is 2.31. The molecule has 1 unspecified atom stereocenters. The first-order valence-electron chi connectivity index (χ1n) is 9.13. The van der Waals surface area contributed by atoms with Crippen LogP contribution in [0, 0.1) is 0 Å². The van der Waals surface area contributed by atoms with Crippen molar-refractivity contribution in [1.82, 2.24) is 15.1 Å². The van der Waals surface area contributed by atoms with Crippen molar-refractivity contribution in [1.29, 1.82) is 0 Å². The lowest BCUT2D eigenvalue weighted by atomic mass is 10.0. The smallest absolute Gasteiger partial charge is 0.254 e. The molecule has 25 heavy (non-hydrogen) atoms. The maximum atomic E-state index is 12.9. The Balaban J connectivity index is 1.59. The fourth-order valence-electron chi connectivity index (χ4n) is 3.48. The van der Waals surface area contributed by atoms with Crippen LogP contribution in [0.25, 0.3) is 0 Å². The summed E-state index contributed by atoms with van der Waals surface area (Å²) in [6.45, 7) is 3.85. The molecule has 1 aromatic carbocycles. The van der Waals surface area contributed by atoms with E-state index in [0.29, 0.717) is 32.8 Å². The number of piperazine rings is 1. The van der Waals surface area contributed by atoms with E-state index in [4.69, 9.17) is 4.74 Å². The fourth-order valence-corrected chi connectivity index (χ4v) is 3.48. The van der Waals surface area contributed by atoms with Gasteiger partial charge in [-0.25, -0.2) is 0 Å². The number of hydrogen-bond donors (Lipinski definition) is 1. The van der Waals surface area contributed by atoms with Gasteiger partial charge >= 0.3 is 0 Å². The van der Waals surface area contributed by atoms with Gasteiger partial charge in [0.05, 0.1) is 0 Å². The third-order valence-electron chi connectivity index (χ3n) is 4.98. The summed E-state index contributed by atoms with van der Waals surface area (Å²) in [6.07, 6.45) is 2.33. The number of nitrogens with one attached hydrogen (secondary N) is 1. The number of nitrogens with zero attached hydrogens (tertiary/aromatic N) is 2. The Labute approximate surface area is 149 Å². The number of ether oxygens (including phenoxy) is 1. The van der Waals surface area contributed by atoms with Gasteiger partial charge in [-0.15, -0.1) is 0 Å². The molecular weight excluding hydrogens is 318 g/mol. The van der Waals surface area contributed by atoms with E-state index in [9.17, 15) is 9.59 Å². The van der Waals surface area contributed by atoms with E-state index >= 15 is 0 Å². The molecule has 2 aliphatic heterocycles. The third kappa shape index (κ3) is 4.19. The molecule has 0 aliphatic carbocycles. The second-order valence-electron chi connectivity index (χ2n) is 6.63. The van der Waals surface area contributed by atoms with Crippen molar-refractivity contribution in [2.75, 3.05) is 46.4 Å². The number of amides is 2. The van der Waals surface area contributed by atoms with Gasteiger partial charge in [-0.1, -0.05) is 18.2 Å². The predicted molar refractivity (Wildman–Crippen MR) is 95.5 cm³/mol. The van der Waals surface area contributed by atoms with Gasteiger partial charge in [0.25, 0.3) is 11.8 Å². The van der Waals surface area contributed by atoms with Crippen molar-refractivity contribution < 1.29 is 14.3 Å². The van der Waals surface area contributed by atoms with Gasteiger partial charge in [0.1, 0.15) is 6.10 Å². The van der Waals surface area contributed by atoms with Crippen molar-refractivity contribution in [3.8, 4) is 0 Å². The van der Waals surface area contributed by atoms with Crippen LogP contribution in [0.15, 0.2) is 24.3 Å². The van der Waals surface area contributed by atoms with Crippen molar-refractivity contribution >= 4 is 11.8 Å². The zero-order chi connectivity index (χ0) is 17.6. The quantitative estimate of drug-likeness (QED) is 0.862. The zero-order valence-electron chi connectivity index (χ0n) is 14.9. The van der Waals surface area contributed by atoms with Crippen LogP contribution in [0.3, 0.4) is 0 Å². The van der Waals surface area contributed by atoms with Crippen LogP contribution in [0.5, 0.6) is 0 Å². The number of benzene rings is 1. The average molecular weight is 345 g/mol. The maximum Gasteiger partial charge on any atom is 0.254 e. The molecule has 0 aromatic heterocycles. The van der Waals surface area contributed by atoms with E-state index in [-0.39, 0.29) is 17.9 Å². The first kappa shape index (κ1) is 17.9. The predicted octanol–water partition coefficient (Wildman–Crippen LogP) is 0.912. The minimum atomic E-state index is -0.274. The first-order chi connectivity index (χ1) is 12.2. The summed E-state index contributed by atoms with van der Waals surface area (Å²) < 4.78 is 5.49. The molecule has 3 rings (SSSR count). The molecule has 6 heteroatoms. The number of carbonyl (C=O) groups is 2. The van der Waals surface area contributed by atoms with E-state index in [1.165, 1.54) is 0 Å². The lowest BCUT2D eigenvalue weighted by Gasteiger charge is -2.36. The summed E-state index contributed by atoms with van der Waals surface area (Å²) in [5, 5.41) is 3.13. The molecule has 0 spiro atoms. The third-order valence-corrected chi connectivity index (χ3v) is 4.98. The summed E-state index contributed by atoms with van der Waals surface area (Å²) >= 11 is 0. The van der Waals surface area contributed by atoms with Crippen molar-refractivity contribution in [2.45, 2.75) is 25.4 Å². The van der Waals surface area contributed by atoms with Gasteiger partial charge in [0.2, 0.25) is 0 Å². The van der Waals surface area contributed by atoms with Crippen LogP contribution in [0.4, 0.5) is 0 Å². The Morgan fingerprint density at radius 2 is 1.88 bits per heavy atom. The van der Waals surface area contributed by atoms with Crippen LogP contribution < -0.4 is 5.32 Å². The monoisotopic (exact) mass is 345 g/mol. The Bertz CT molecular complexity index is 606. The normalized spacial score (nSPS) is 20.8. The molecule has 1 atom stereocenters. The number of hydrogen-bond acceptors (Lipinski definition) is 4. The SMILES string of the molecule is CNCCc1ccccc1C(=O)N1CCN(C(=O)C2CCCO2)CC1. The van der Waals surface area contributed by atoms with E-state index < -0.39 is 0 Å². The summed E-state index contributed by atoms with van der Waals surface area (Å²) in [5.74, 6) is 0.148. The molecule has 136 valence electrons. The second-order valence-corrected chi connectivity index (χ2v) is 6.63. The summed E-state index contributed by atoms with van der Waals surface area (Å²) in [6, 6.07) is 7.80. The van der Waals surface area contributed by atoms with Crippen LogP contribution in [-0.2, 0) is 16.0 Å². The van der Waals surface area contributed by atoms with Crippen LogP contribution in [0.1, 0.15) is 28.8 Å². The Morgan fingerprint density at radius 3 is 2.56 bits per heavy atom. The van der Waals surface area contributed by atoms with Crippen molar-refractivity contribution in [3.05, 3.63) is 35.4 Å². The average Bonchev–Trinajstić information content (AvgIpc) is 3.20. The number of likely N-dealkylation sites (N-methyl/N-ethyl adjacent to an activating group) is 1. The standard InChI is InChI=1S/C19H27N3O3/c1-20-9-8-15-5-2-3-6-16(15)18(23)21-10-12-22(13-11-21)19(24)17-7-4-14-25-17/h2-3,5-6,17,20H,4,7-14H2,1H3. The number of rotatable bonds is 5. The highest BCUT2D eigenvalue weighted by molar-refractivity contribution is 5.96. The van der Waals surface area contributed by atoms with Gasteiger partial charge in [-0.3, -0.25) is 9.59 Å². The number of carbonyl (C=O) groups excluding carboxylic acids is 2. The molecule has 2 fully saturated rings. The van der Waals surface area contributed by atoms with Gasteiger partial charge in [-0.05, 0) is 44.5 Å². The Morgan fingerprint density at radius 1 is 1.16 bits per heavy atom. The second kappa shape index (κ2) is 8.45. The first-order valence-corrected chi connectivity index (χ1v) is 9.13. The Kier molecular flexibility index (Phi) is 6.04. The molecule has 1 aromatic rings. The van der Waals surface area contributed by atoms with Gasteiger partial charge < -0.3 is 19.9 Å². The molecule has 0 bridgehead atoms. The van der Waals surface area contributed by atoms with Crippen LogP contribution >= 0.6 is 0 Å². The fraction of sp³-hybridized carbons (Fsp3) is 0.579. The van der Waals surface area contributed by atoms with E-state index in [1.54, 1.807) is 0 Å². The highest BCUT2D eigenvalue weighted by Crippen LogP contribution is 2.18. The molecule has 2 aliphatic rings. The van der Waals surface area contributed by atoms with E-state index in [2.05, 4.69) is 5.32 Å². The topological polar surface area (TPSA) is 61.9 Å². The maximum absolute atomic E-state index is 12.9. The highest BCUT2D eigenvalue weighted by atomic mass is 16.5. The molecule has 2 saturated heterocycles. The van der Waals surface area contributed by atoms with Gasteiger partial charge in [0, 0.05) is 38.3 Å². The van der Waals surface area contributed by atoms with Gasteiger partial charge in [0.15, 0.2) is 0 Å². The molecule has 0 saturated carbocycles. The summed E-state index contributed by atoms with van der Waals surface area (Å²) in [7, 11) is 1.91. The minimum absolute atomic E-state index is 0.0657. The zero-order valence-corrected chi connectivity index (χ0v) is 14.9. The van der Waals surface area contributed by atoms with Gasteiger partial charge in [-0.2, -0.15) is 0 Å². The largest absolute Gasteiger partial charge is 0.368 e. The summed E-state index contributed by atoms with van der Waals surface area (Å²) in [5.41, 5.74) is 1.84. The van der Waals surface area contributed by atoms with E-state index in [0.717, 1.165) is 36.9 Å². The molecule has 0 radical (unpaired) electrons. The summed E-state index contributed by atoms with van der Waals surface area (Å²) in [4.78, 5) is 29.0. The molecule has 2 heterocycles. The van der Waals surface area contributed by atoms with Crippen LogP contribution in [0.2, 0.25) is 0 Å². The molecule has 1 N–H and O–H groups in total. The molecule has 6 nitrogen and oxygen atoms in total. The Hall–Kier alpha value is -1.92. The van der Waals surface area contributed by atoms with E-state index in [1.807, 2.05) is 41.1 Å². The lowest BCUT2D eigenvalue weighted by Crippen LogP contribution is -2.52. The van der Waals surface area contributed by atoms with Crippen LogP contribution in [-0.4, -0.2) is 74.1 Å². The van der Waals surface area contributed by atoms with Crippen molar-refractivity contribution in [2.24, 2.45) is 0 Å².